The molecule has 172 valence electrons. The van der Waals surface area contributed by atoms with Crippen molar-refractivity contribution in [1.29, 1.82) is 0 Å². The van der Waals surface area contributed by atoms with Crippen LogP contribution in [0.15, 0.2) is 33.9 Å². The number of methoxy groups -OCH3 is 1. The van der Waals surface area contributed by atoms with Gasteiger partial charge in [-0.3, -0.25) is 18.7 Å². The van der Waals surface area contributed by atoms with E-state index in [1.807, 2.05) is 0 Å². The zero-order valence-electron chi connectivity index (χ0n) is 18.4. The quantitative estimate of drug-likeness (QED) is 0.590. The molecule has 0 saturated carbocycles. The van der Waals surface area contributed by atoms with Crippen molar-refractivity contribution in [1.82, 2.24) is 9.13 Å². The van der Waals surface area contributed by atoms with Crippen LogP contribution in [-0.4, -0.2) is 41.5 Å². The highest BCUT2D eigenvalue weighted by Gasteiger charge is 2.19. The molecule has 10 heteroatoms. The van der Waals surface area contributed by atoms with E-state index in [1.165, 1.54) is 10.6 Å². The van der Waals surface area contributed by atoms with Gasteiger partial charge < -0.3 is 25.3 Å². The van der Waals surface area contributed by atoms with Gasteiger partial charge in [0, 0.05) is 25.6 Å². The Morgan fingerprint density at radius 3 is 2.62 bits per heavy atom. The summed E-state index contributed by atoms with van der Waals surface area (Å²) < 4.78 is 18.9. The van der Waals surface area contributed by atoms with Crippen LogP contribution < -0.4 is 31.8 Å². The number of hydrogen-bond acceptors (Lipinski definition) is 7. The first-order valence-electron chi connectivity index (χ1n) is 10.4. The fraction of sp³-hybridized carbons (Fsp3) is 0.409. The Labute approximate surface area is 185 Å². The third-order valence-corrected chi connectivity index (χ3v) is 5.14. The number of amides is 1. The molecule has 32 heavy (non-hydrogen) atoms. The van der Waals surface area contributed by atoms with E-state index in [9.17, 15) is 14.4 Å². The number of carbonyl (C=O) groups excluding carboxylic acids is 1. The van der Waals surface area contributed by atoms with Crippen LogP contribution >= 0.6 is 0 Å². The second-order valence-corrected chi connectivity index (χ2v) is 7.17. The minimum absolute atomic E-state index is 0.0515. The Morgan fingerprint density at radius 1 is 1.25 bits per heavy atom. The van der Waals surface area contributed by atoms with Gasteiger partial charge in [0.2, 0.25) is 5.91 Å². The molecule has 0 aliphatic carbocycles. The average Bonchev–Trinajstić information content (AvgIpc) is 3.29. The Bertz CT molecular complexity index is 1130. The Morgan fingerprint density at radius 2 is 2.00 bits per heavy atom. The van der Waals surface area contributed by atoms with E-state index in [2.05, 4.69) is 5.32 Å². The van der Waals surface area contributed by atoms with E-state index < -0.39 is 17.2 Å². The molecule has 10 nitrogen and oxygen atoms in total. The molecule has 1 saturated heterocycles. The van der Waals surface area contributed by atoms with E-state index >= 15 is 0 Å². The average molecular weight is 444 g/mol. The number of carbonyl (C=O) groups is 1. The molecule has 0 spiro atoms. The number of rotatable bonds is 8. The maximum absolute atomic E-state index is 12.6. The van der Waals surface area contributed by atoms with Gasteiger partial charge in [-0.25, -0.2) is 4.79 Å². The minimum atomic E-state index is -0.639. The lowest BCUT2D eigenvalue weighted by Crippen LogP contribution is -2.42. The lowest BCUT2D eigenvalue weighted by Gasteiger charge is -2.15. The predicted molar refractivity (Wildman–Crippen MR) is 121 cm³/mol. The molecule has 2 aromatic rings. The number of nitrogens with one attached hydrogen (secondary N) is 1. The first-order valence-corrected chi connectivity index (χ1v) is 10.4. The summed E-state index contributed by atoms with van der Waals surface area (Å²) in [5.41, 5.74) is 5.41. The fourth-order valence-electron chi connectivity index (χ4n) is 3.43. The molecule has 1 atom stereocenters. The summed E-state index contributed by atoms with van der Waals surface area (Å²) in [4.78, 5) is 37.4. The fourth-order valence-corrected chi connectivity index (χ4v) is 3.43. The molecule has 0 unspecified atom stereocenters. The zero-order chi connectivity index (χ0) is 23.3. The van der Waals surface area contributed by atoms with Crippen molar-refractivity contribution in [2.75, 3.05) is 31.4 Å². The Kier molecular flexibility index (Phi) is 7.37. The molecular weight excluding hydrogens is 416 g/mol. The number of anilines is 2. The second-order valence-electron chi connectivity index (χ2n) is 7.17. The summed E-state index contributed by atoms with van der Waals surface area (Å²) in [7, 11) is 1.56. The topological polar surface area (TPSA) is 127 Å². The van der Waals surface area contributed by atoms with Crippen LogP contribution in [0.1, 0.15) is 25.8 Å². The summed E-state index contributed by atoms with van der Waals surface area (Å²) in [6.45, 7) is 5.01. The largest absolute Gasteiger partial charge is 0.493 e. The summed E-state index contributed by atoms with van der Waals surface area (Å²) in [6, 6.07) is 5.28. The summed E-state index contributed by atoms with van der Waals surface area (Å²) >= 11 is 0. The van der Waals surface area contributed by atoms with Gasteiger partial charge in [0.1, 0.15) is 17.6 Å². The van der Waals surface area contributed by atoms with Crippen LogP contribution in [0, 0.1) is 0 Å². The molecule has 1 aliphatic rings. The number of ether oxygens (including phenoxy) is 3. The normalized spacial score (nSPS) is 15.8. The predicted octanol–water partition coefficient (Wildman–Crippen LogP) is 1.46. The van der Waals surface area contributed by atoms with Crippen LogP contribution in [0.3, 0.4) is 0 Å². The summed E-state index contributed by atoms with van der Waals surface area (Å²) in [5, 5.41) is 2.51. The van der Waals surface area contributed by atoms with Gasteiger partial charge in [-0.05, 0) is 37.6 Å². The maximum atomic E-state index is 12.6. The Balaban J connectivity index is 1.81. The van der Waals surface area contributed by atoms with Gasteiger partial charge in [0.05, 0.1) is 20.3 Å². The van der Waals surface area contributed by atoms with Gasteiger partial charge in [-0.15, -0.1) is 0 Å². The van der Waals surface area contributed by atoms with E-state index in [-0.39, 0.29) is 30.7 Å². The maximum Gasteiger partial charge on any atom is 0.332 e. The SMILES string of the molecule is CCn1c(N)c(NC(=O)/C=C/c2ccc(OC)c(O[C@@H]3CCOC3)c2)c(=O)n(CC)c1=O. The number of hydrogen-bond donors (Lipinski definition) is 2. The van der Waals surface area contributed by atoms with Crippen molar-refractivity contribution < 1.29 is 19.0 Å². The second kappa shape index (κ2) is 10.2. The van der Waals surface area contributed by atoms with E-state index in [1.54, 1.807) is 45.2 Å². The number of nitrogens with zero attached hydrogens (tertiary/aromatic N) is 2. The first-order chi connectivity index (χ1) is 15.4. The lowest BCUT2D eigenvalue weighted by molar-refractivity contribution is -0.111. The van der Waals surface area contributed by atoms with Crippen molar-refractivity contribution in [2.45, 2.75) is 39.5 Å². The molecule has 1 aromatic heterocycles. The molecular formula is C22H28N4O6. The van der Waals surface area contributed by atoms with Crippen LogP contribution in [-0.2, 0) is 22.6 Å². The number of nitrogens with two attached hydrogens (primary N) is 1. The molecule has 0 radical (unpaired) electrons. The molecule has 1 fully saturated rings. The van der Waals surface area contributed by atoms with Crippen LogP contribution in [0.4, 0.5) is 11.5 Å². The lowest BCUT2D eigenvalue weighted by atomic mass is 10.2. The van der Waals surface area contributed by atoms with E-state index in [0.717, 1.165) is 11.0 Å². The third kappa shape index (κ3) is 4.86. The summed E-state index contributed by atoms with van der Waals surface area (Å²) in [6.07, 6.45) is 3.60. The highest BCUT2D eigenvalue weighted by atomic mass is 16.6. The highest BCUT2D eigenvalue weighted by Crippen LogP contribution is 2.30. The van der Waals surface area contributed by atoms with E-state index in [4.69, 9.17) is 19.9 Å². The van der Waals surface area contributed by atoms with E-state index in [0.29, 0.717) is 30.3 Å². The van der Waals surface area contributed by atoms with Crippen LogP contribution in [0.25, 0.3) is 6.08 Å². The van der Waals surface area contributed by atoms with Gasteiger partial charge in [-0.2, -0.15) is 0 Å². The Hall–Kier alpha value is -3.53. The smallest absolute Gasteiger partial charge is 0.332 e. The molecule has 3 rings (SSSR count). The van der Waals surface area contributed by atoms with Gasteiger partial charge >= 0.3 is 5.69 Å². The van der Waals surface area contributed by atoms with Crippen molar-refractivity contribution in [3.8, 4) is 11.5 Å². The van der Waals surface area contributed by atoms with Gasteiger partial charge in [-0.1, -0.05) is 6.07 Å². The molecule has 1 aromatic carbocycles. The molecule has 1 amide bonds. The third-order valence-electron chi connectivity index (χ3n) is 5.14. The minimum Gasteiger partial charge on any atom is -0.493 e. The van der Waals surface area contributed by atoms with Crippen LogP contribution in [0.2, 0.25) is 0 Å². The summed E-state index contributed by atoms with van der Waals surface area (Å²) in [5.74, 6) is 0.497. The molecule has 0 bridgehead atoms. The zero-order valence-corrected chi connectivity index (χ0v) is 18.4. The number of benzene rings is 1. The molecule has 2 heterocycles. The van der Waals surface area contributed by atoms with Gasteiger partial charge in [0.15, 0.2) is 11.5 Å². The van der Waals surface area contributed by atoms with Crippen molar-refractivity contribution in [2.24, 2.45) is 0 Å². The monoisotopic (exact) mass is 444 g/mol. The van der Waals surface area contributed by atoms with Gasteiger partial charge in [0.25, 0.3) is 5.56 Å². The number of nitrogen functional groups attached to an aromatic ring is 1. The van der Waals surface area contributed by atoms with Crippen LogP contribution in [0.5, 0.6) is 11.5 Å². The molecule has 3 N–H and O–H groups in total. The standard InChI is InChI=1S/C22H28N4O6/c1-4-25-20(23)19(21(28)26(5-2)22(25)29)24-18(27)9-7-14-6-8-16(30-3)17(12-14)32-15-10-11-31-13-15/h6-9,12,15H,4-5,10-11,13,23H2,1-3H3,(H,24,27)/b9-7+/t15-/m1/s1. The van der Waals surface area contributed by atoms with Crippen molar-refractivity contribution in [3.63, 3.8) is 0 Å². The number of aromatic nitrogens is 2. The first kappa shape index (κ1) is 23.1. The highest BCUT2D eigenvalue weighted by molar-refractivity contribution is 6.03. The van der Waals surface area contributed by atoms with Crippen molar-refractivity contribution >= 4 is 23.5 Å². The molecule has 1 aliphatic heterocycles. The van der Waals surface area contributed by atoms with Crippen molar-refractivity contribution in [3.05, 3.63) is 50.7 Å².